The van der Waals surface area contributed by atoms with Crippen molar-refractivity contribution in [2.45, 2.75) is 58.2 Å². The first-order chi connectivity index (χ1) is 16.2. The highest BCUT2D eigenvalue weighted by atomic mass is 16.6. The number of hydrogen-bond donors (Lipinski definition) is 3. The summed E-state index contributed by atoms with van der Waals surface area (Å²) in [6.45, 7) is 8.47. The second-order valence-corrected chi connectivity index (χ2v) is 10.4. The normalized spacial score (nSPS) is 36.6. The molecule has 1 aromatic carbocycles. The van der Waals surface area contributed by atoms with Gasteiger partial charge in [-0.3, -0.25) is 5.32 Å². The Morgan fingerprint density at radius 1 is 1.29 bits per heavy atom. The first-order valence-corrected chi connectivity index (χ1v) is 12.1. The molecule has 7 nitrogen and oxygen atoms in total. The summed E-state index contributed by atoms with van der Waals surface area (Å²) in [5.74, 6) is -0.244. The number of anilines is 1. The highest BCUT2D eigenvalue weighted by Crippen LogP contribution is 2.61. The van der Waals surface area contributed by atoms with Crippen molar-refractivity contribution in [3.05, 3.63) is 54.1 Å². The monoisotopic (exact) mass is 469 g/mol. The molecule has 184 valence electrons. The number of aliphatic hydroxyl groups excluding tert-OH is 2. The molecule has 3 N–H and O–H groups in total. The number of nitrogens with one attached hydrogen (secondary N) is 1. The van der Waals surface area contributed by atoms with Crippen LogP contribution in [0.15, 0.2) is 54.1 Å². The molecule has 1 unspecified atom stereocenters. The maximum Gasteiger partial charge on any atom is 0.412 e. The van der Waals surface area contributed by atoms with Crippen LogP contribution in [0.1, 0.15) is 46.0 Å². The van der Waals surface area contributed by atoms with Crippen molar-refractivity contribution in [1.82, 2.24) is 0 Å². The van der Waals surface area contributed by atoms with E-state index in [2.05, 4.69) is 18.8 Å². The van der Waals surface area contributed by atoms with Gasteiger partial charge in [0, 0.05) is 11.1 Å². The lowest BCUT2D eigenvalue weighted by Gasteiger charge is -2.59. The van der Waals surface area contributed by atoms with Crippen LogP contribution in [-0.2, 0) is 14.3 Å². The molecular weight excluding hydrogens is 434 g/mol. The van der Waals surface area contributed by atoms with Crippen molar-refractivity contribution in [2.75, 3.05) is 18.5 Å². The lowest BCUT2D eigenvalue weighted by molar-refractivity contribution is -0.151. The van der Waals surface area contributed by atoms with Crippen molar-refractivity contribution >= 4 is 17.7 Å². The number of carbonyl (C=O) groups excluding carboxylic acids is 2. The Bertz CT molecular complexity index is 975. The highest BCUT2D eigenvalue weighted by Gasteiger charge is 2.57. The largest absolute Gasteiger partial charge is 0.458 e. The van der Waals surface area contributed by atoms with Crippen molar-refractivity contribution in [3.63, 3.8) is 0 Å². The van der Waals surface area contributed by atoms with Gasteiger partial charge in [0.25, 0.3) is 0 Å². The summed E-state index contributed by atoms with van der Waals surface area (Å²) in [7, 11) is 0. The van der Waals surface area contributed by atoms with Gasteiger partial charge in [0.05, 0.1) is 18.3 Å². The number of carbonyl (C=O) groups is 2. The van der Waals surface area contributed by atoms with E-state index in [-0.39, 0.29) is 30.5 Å². The van der Waals surface area contributed by atoms with Gasteiger partial charge >= 0.3 is 12.1 Å². The van der Waals surface area contributed by atoms with E-state index in [1.807, 2.05) is 19.1 Å². The summed E-state index contributed by atoms with van der Waals surface area (Å²) in [5, 5.41) is 23.5. The molecule has 1 aromatic rings. The molecule has 1 heterocycles. The number of ether oxygens (including phenoxy) is 2. The third-order valence-corrected chi connectivity index (χ3v) is 8.48. The van der Waals surface area contributed by atoms with Crippen molar-refractivity contribution in [1.29, 1.82) is 0 Å². The van der Waals surface area contributed by atoms with Crippen LogP contribution in [0.4, 0.5) is 10.5 Å². The van der Waals surface area contributed by atoms with Gasteiger partial charge < -0.3 is 19.7 Å². The lowest BCUT2D eigenvalue weighted by atomic mass is 9.46. The minimum atomic E-state index is -0.771. The first kappa shape index (κ1) is 24.5. The fourth-order valence-electron chi connectivity index (χ4n) is 6.45. The molecule has 2 saturated carbocycles. The Balaban J connectivity index is 1.50. The molecule has 0 aromatic heterocycles. The molecule has 7 heteroatoms. The summed E-state index contributed by atoms with van der Waals surface area (Å²) < 4.78 is 10.7. The predicted molar refractivity (Wildman–Crippen MR) is 128 cm³/mol. The zero-order chi connectivity index (χ0) is 24.5. The zero-order valence-electron chi connectivity index (χ0n) is 20.0. The third kappa shape index (κ3) is 4.39. The van der Waals surface area contributed by atoms with Gasteiger partial charge in [-0.15, -0.1) is 0 Å². The van der Waals surface area contributed by atoms with Gasteiger partial charge in [-0.2, -0.15) is 0 Å². The molecule has 3 aliphatic rings. The SMILES string of the molecule is C=C1CCC2[C@](C)(CO)[C@H](O)CC[C@]2(C)[C@H]1C/C=C1/C(=O)OC[C@H]1OC(=O)Nc1ccccc1. The number of benzene rings is 1. The van der Waals surface area contributed by atoms with E-state index in [0.717, 1.165) is 24.8 Å². The van der Waals surface area contributed by atoms with Gasteiger partial charge in [-0.1, -0.05) is 50.3 Å². The number of para-hydroxylation sites is 1. The lowest BCUT2D eigenvalue weighted by Crippen LogP contribution is -2.57. The Hall–Kier alpha value is -2.64. The summed E-state index contributed by atoms with van der Waals surface area (Å²) in [4.78, 5) is 24.8. The Morgan fingerprint density at radius 2 is 2.03 bits per heavy atom. The fourth-order valence-corrected chi connectivity index (χ4v) is 6.45. The molecule has 2 aliphatic carbocycles. The van der Waals surface area contributed by atoms with Crippen LogP contribution in [0, 0.1) is 22.7 Å². The molecule has 1 aliphatic heterocycles. The smallest absolute Gasteiger partial charge is 0.412 e. The van der Waals surface area contributed by atoms with E-state index in [1.165, 1.54) is 0 Å². The molecule has 34 heavy (non-hydrogen) atoms. The molecule has 0 radical (unpaired) electrons. The number of fused-ring (bicyclic) bond motifs is 1. The van der Waals surface area contributed by atoms with Gasteiger partial charge in [0.15, 0.2) is 6.10 Å². The van der Waals surface area contributed by atoms with Crippen molar-refractivity contribution in [3.8, 4) is 0 Å². The average Bonchev–Trinajstić information content (AvgIpc) is 3.15. The standard InChI is InChI=1S/C27H35NO6/c1-17-9-12-22-26(2,14-13-23(30)27(22,3)16-29)20(17)11-10-19-21(15-33-24(19)31)34-25(32)28-18-7-5-4-6-8-18/h4-8,10,20-23,29-30H,1,9,11-16H2,2-3H3,(H,28,32)/b19-10+/t20-,21+,22?,23+,26+,27-/m0/s1. The summed E-state index contributed by atoms with van der Waals surface area (Å²) >= 11 is 0. The van der Waals surface area contributed by atoms with Gasteiger partial charge in [0.1, 0.15) is 6.61 Å². The van der Waals surface area contributed by atoms with Crippen LogP contribution < -0.4 is 5.32 Å². The van der Waals surface area contributed by atoms with Crippen LogP contribution in [0.5, 0.6) is 0 Å². The number of cyclic esters (lactones) is 1. The van der Waals surface area contributed by atoms with E-state index in [9.17, 15) is 19.8 Å². The van der Waals surface area contributed by atoms with Crippen molar-refractivity contribution < 1.29 is 29.3 Å². The van der Waals surface area contributed by atoms with Gasteiger partial charge in [-0.05, 0) is 61.5 Å². The minimum absolute atomic E-state index is 0.00679. The number of rotatable bonds is 5. The second-order valence-electron chi connectivity index (χ2n) is 10.4. The molecule has 1 saturated heterocycles. The van der Waals surface area contributed by atoms with Crippen LogP contribution >= 0.6 is 0 Å². The van der Waals surface area contributed by atoms with Crippen LogP contribution in [-0.4, -0.2) is 47.7 Å². The molecule has 0 spiro atoms. The molecular formula is C27H35NO6. The number of aliphatic hydroxyl groups is 2. The molecule has 4 rings (SSSR count). The molecule has 3 fully saturated rings. The van der Waals surface area contributed by atoms with Gasteiger partial charge in [-0.25, -0.2) is 9.59 Å². The van der Waals surface area contributed by atoms with E-state index in [4.69, 9.17) is 9.47 Å². The minimum Gasteiger partial charge on any atom is -0.458 e. The number of allylic oxidation sites excluding steroid dienone is 2. The number of esters is 1. The predicted octanol–water partition coefficient (Wildman–Crippen LogP) is 4.22. The van der Waals surface area contributed by atoms with E-state index in [1.54, 1.807) is 24.3 Å². The first-order valence-electron chi connectivity index (χ1n) is 12.1. The summed E-state index contributed by atoms with van der Waals surface area (Å²) in [5.41, 5.74) is 1.35. The second kappa shape index (κ2) is 9.55. The zero-order valence-corrected chi connectivity index (χ0v) is 20.0. The Morgan fingerprint density at radius 3 is 2.74 bits per heavy atom. The highest BCUT2D eigenvalue weighted by molar-refractivity contribution is 5.93. The molecule has 0 bridgehead atoms. The van der Waals surface area contributed by atoms with Crippen LogP contribution in [0.3, 0.4) is 0 Å². The van der Waals surface area contributed by atoms with E-state index in [0.29, 0.717) is 24.1 Å². The van der Waals surface area contributed by atoms with Crippen molar-refractivity contribution in [2.24, 2.45) is 22.7 Å². The van der Waals surface area contributed by atoms with E-state index >= 15 is 0 Å². The average molecular weight is 470 g/mol. The van der Waals surface area contributed by atoms with Crippen LogP contribution in [0.2, 0.25) is 0 Å². The quantitative estimate of drug-likeness (QED) is 0.339. The number of hydrogen-bond acceptors (Lipinski definition) is 6. The molecule has 6 atom stereocenters. The maximum atomic E-state index is 12.4. The Labute approximate surface area is 200 Å². The topological polar surface area (TPSA) is 105 Å². The fraction of sp³-hybridized carbons (Fsp3) is 0.556. The van der Waals surface area contributed by atoms with Crippen LogP contribution in [0.25, 0.3) is 0 Å². The van der Waals surface area contributed by atoms with Gasteiger partial charge in [0.2, 0.25) is 0 Å². The molecule has 1 amide bonds. The third-order valence-electron chi connectivity index (χ3n) is 8.48. The summed E-state index contributed by atoms with van der Waals surface area (Å²) in [6.07, 6.45) is 3.59. The summed E-state index contributed by atoms with van der Waals surface area (Å²) in [6, 6.07) is 8.96. The number of amides is 1. The Kier molecular flexibility index (Phi) is 6.87. The maximum absolute atomic E-state index is 12.4. The van der Waals surface area contributed by atoms with E-state index < -0.39 is 29.7 Å².